The fourth-order valence-electron chi connectivity index (χ4n) is 3.93. The number of imidazole rings is 1. The first-order valence-corrected chi connectivity index (χ1v) is 9.95. The molecule has 150 valence electrons. The molecule has 0 radical (unpaired) electrons. The van der Waals surface area contributed by atoms with Crippen molar-refractivity contribution in [3.8, 4) is 11.5 Å². The van der Waals surface area contributed by atoms with E-state index in [2.05, 4.69) is 24.8 Å². The molecule has 0 bridgehead atoms. The zero-order valence-electron chi connectivity index (χ0n) is 16.5. The zero-order chi connectivity index (χ0) is 20.2. The molecule has 3 aromatic rings. The van der Waals surface area contributed by atoms with Gasteiger partial charge in [-0.15, -0.1) is 0 Å². The third-order valence-corrected chi connectivity index (χ3v) is 5.47. The normalized spacial score (nSPS) is 15.5. The van der Waals surface area contributed by atoms with Crippen LogP contribution in [0, 0.1) is 12.8 Å². The molecule has 7 nitrogen and oxygen atoms in total. The Morgan fingerprint density at radius 1 is 1.21 bits per heavy atom. The van der Waals surface area contributed by atoms with Gasteiger partial charge < -0.3 is 10.1 Å². The van der Waals surface area contributed by atoms with Crippen molar-refractivity contribution in [2.24, 2.45) is 5.92 Å². The molecule has 2 aromatic heterocycles. The van der Waals surface area contributed by atoms with Gasteiger partial charge in [-0.05, 0) is 62.9 Å². The summed E-state index contributed by atoms with van der Waals surface area (Å²) in [6, 6.07) is 7.22. The highest BCUT2D eigenvalue weighted by atomic mass is 16.4. The second-order valence-corrected chi connectivity index (χ2v) is 7.70. The van der Waals surface area contributed by atoms with Crippen LogP contribution in [-0.2, 0) is 13.0 Å². The van der Waals surface area contributed by atoms with Crippen molar-refractivity contribution < 1.29 is 9.90 Å². The number of nitrogens with one attached hydrogen (secondary N) is 1. The number of H-pyrrole nitrogens is 1. The van der Waals surface area contributed by atoms with E-state index in [0.717, 1.165) is 67.4 Å². The Bertz CT molecular complexity index is 992. The van der Waals surface area contributed by atoms with Gasteiger partial charge in [0.05, 0.1) is 11.3 Å². The Hall–Kier alpha value is -3.06. The van der Waals surface area contributed by atoms with Gasteiger partial charge in [0.2, 0.25) is 0 Å². The van der Waals surface area contributed by atoms with E-state index in [-0.39, 0.29) is 0 Å². The number of rotatable bonds is 6. The van der Waals surface area contributed by atoms with Crippen molar-refractivity contribution in [2.45, 2.75) is 32.7 Å². The molecule has 0 amide bonds. The minimum absolute atomic E-state index is 0.348. The highest BCUT2D eigenvalue weighted by molar-refractivity contribution is 5.87. The van der Waals surface area contributed by atoms with Crippen LogP contribution in [0.25, 0.3) is 11.5 Å². The minimum atomic E-state index is -0.878. The number of hydrogen-bond acceptors (Lipinski definition) is 5. The average molecular weight is 391 g/mol. The van der Waals surface area contributed by atoms with Gasteiger partial charge in [0.15, 0.2) is 5.82 Å². The number of carbonyl (C=O) groups is 1. The standard InChI is InChI=1S/C22H25N5O2/c1-15-13-25-21(26-15)20-19(23-7-8-24-20)12-16-5-9-27(10-6-16)14-17-3-2-4-18(11-17)22(28)29/h2-4,7-8,11,13,16H,5-6,9-10,12,14H2,1H3,(H,25,26)(H,28,29). The summed E-state index contributed by atoms with van der Waals surface area (Å²) >= 11 is 0. The molecule has 4 rings (SSSR count). The fourth-order valence-corrected chi connectivity index (χ4v) is 3.93. The van der Waals surface area contributed by atoms with E-state index in [0.29, 0.717) is 11.5 Å². The molecule has 1 fully saturated rings. The number of aromatic nitrogens is 4. The number of likely N-dealkylation sites (tertiary alicyclic amines) is 1. The Morgan fingerprint density at radius 3 is 2.72 bits per heavy atom. The van der Waals surface area contributed by atoms with Crippen molar-refractivity contribution in [1.82, 2.24) is 24.8 Å². The topological polar surface area (TPSA) is 95.0 Å². The molecule has 1 saturated heterocycles. The third kappa shape index (κ3) is 4.68. The summed E-state index contributed by atoms with van der Waals surface area (Å²) in [7, 11) is 0. The van der Waals surface area contributed by atoms with Crippen LogP contribution < -0.4 is 0 Å². The predicted molar refractivity (Wildman–Crippen MR) is 109 cm³/mol. The van der Waals surface area contributed by atoms with Crippen LogP contribution >= 0.6 is 0 Å². The number of aryl methyl sites for hydroxylation is 1. The lowest BCUT2D eigenvalue weighted by Gasteiger charge is -2.32. The molecule has 0 aliphatic carbocycles. The number of benzene rings is 1. The number of nitrogens with zero attached hydrogens (tertiary/aromatic N) is 4. The van der Waals surface area contributed by atoms with E-state index < -0.39 is 5.97 Å². The molecule has 1 aromatic carbocycles. The predicted octanol–water partition coefficient (Wildman–Crippen LogP) is 3.33. The van der Waals surface area contributed by atoms with Gasteiger partial charge in [0.1, 0.15) is 5.69 Å². The summed E-state index contributed by atoms with van der Waals surface area (Å²) in [6.45, 7) is 4.76. The summed E-state index contributed by atoms with van der Waals surface area (Å²) in [5.41, 5.74) is 4.24. The van der Waals surface area contributed by atoms with E-state index in [1.54, 1.807) is 24.5 Å². The summed E-state index contributed by atoms with van der Waals surface area (Å²) in [4.78, 5) is 30.3. The number of aromatic carboxylic acids is 1. The van der Waals surface area contributed by atoms with Crippen LogP contribution in [0.5, 0.6) is 0 Å². The Morgan fingerprint density at radius 2 is 2.00 bits per heavy atom. The first-order valence-electron chi connectivity index (χ1n) is 9.95. The number of carboxylic acids is 1. The fraction of sp³-hybridized carbons (Fsp3) is 0.364. The lowest BCUT2D eigenvalue weighted by atomic mass is 9.91. The van der Waals surface area contributed by atoms with E-state index in [4.69, 9.17) is 5.11 Å². The summed E-state index contributed by atoms with van der Waals surface area (Å²) in [5, 5.41) is 9.16. The number of hydrogen-bond donors (Lipinski definition) is 2. The van der Waals surface area contributed by atoms with E-state index in [1.807, 2.05) is 25.3 Å². The van der Waals surface area contributed by atoms with Gasteiger partial charge in [-0.1, -0.05) is 12.1 Å². The van der Waals surface area contributed by atoms with E-state index in [1.165, 1.54) is 0 Å². The molecule has 0 saturated carbocycles. The van der Waals surface area contributed by atoms with Gasteiger partial charge >= 0.3 is 5.97 Å². The highest BCUT2D eigenvalue weighted by Gasteiger charge is 2.22. The molecule has 7 heteroatoms. The van der Waals surface area contributed by atoms with Crippen LogP contribution in [0.2, 0.25) is 0 Å². The van der Waals surface area contributed by atoms with Crippen LogP contribution in [-0.4, -0.2) is 49.0 Å². The maximum atomic E-state index is 11.2. The second kappa shape index (κ2) is 8.53. The van der Waals surface area contributed by atoms with Crippen molar-refractivity contribution in [3.05, 3.63) is 65.4 Å². The molecule has 3 heterocycles. The molecule has 0 spiro atoms. The van der Waals surface area contributed by atoms with Crippen molar-refractivity contribution in [3.63, 3.8) is 0 Å². The lowest BCUT2D eigenvalue weighted by molar-refractivity contribution is 0.0696. The average Bonchev–Trinajstić information content (AvgIpc) is 3.16. The third-order valence-electron chi connectivity index (χ3n) is 5.47. The Balaban J connectivity index is 1.36. The van der Waals surface area contributed by atoms with Gasteiger partial charge in [-0.2, -0.15) is 0 Å². The lowest BCUT2D eigenvalue weighted by Crippen LogP contribution is -2.34. The van der Waals surface area contributed by atoms with Crippen LogP contribution in [0.15, 0.2) is 42.9 Å². The molecule has 2 N–H and O–H groups in total. The number of piperidine rings is 1. The molecule has 0 unspecified atom stereocenters. The van der Waals surface area contributed by atoms with Crippen LogP contribution in [0.1, 0.15) is 40.2 Å². The first kappa shape index (κ1) is 19.3. The molecule has 29 heavy (non-hydrogen) atoms. The molecular weight excluding hydrogens is 366 g/mol. The van der Waals surface area contributed by atoms with Crippen LogP contribution in [0.4, 0.5) is 0 Å². The van der Waals surface area contributed by atoms with Gasteiger partial charge in [0.25, 0.3) is 0 Å². The van der Waals surface area contributed by atoms with Gasteiger partial charge in [0, 0.05) is 30.8 Å². The Labute approximate surface area is 169 Å². The molecule has 1 aliphatic heterocycles. The van der Waals surface area contributed by atoms with E-state index >= 15 is 0 Å². The monoisotopic (exact) mass is 391 g/mol. The summed E-state index contributed by atoms with van der Waals surface area (Å²) in [6.07, 6.45) is 8.35. The molecular formula is C22H25N5O2. The maximum Gasteiger partial charge on any atom is 0.335 e. The van der Waals surface area contributed by atoms with Gasteiger partial charge in [-0.3, -0.25) is 9.88 Å². The minimum Gasteiger partial charge on any atom is -0.478 e. The first-order chi connectivity index (χ1) is 14.1. The Kier molecular flexibility index (Phi) is 5.67. The maximum absolute atomic E-state index is 11.2. The highest BCUT2D eigenvalue weighted by Crippen LogP contribution is 2.26. The zero-order valence-corrected chi connectivity index (χ0v) is 16.5. The molecule has 1 aliphatic rings. The van der Waals surface area contributed by atoms with Gasteiger partial charge in [-0.25, -0.2) is 14.8 Å². The van der Waals surface area contributed by atoms with E-state index in [9.17, 15) is 4.79 Å². The summed E-state index contributed by atoms with van der Waals surface area (Å²) in [5.74, 6) is 0.460. The molecule has 0 atom stereocenters. The summed E-state index contributed by atoms with van der Waals surface area (Å²) < 4.78 is 0. The quantitative estimate of drug-likeness (QED) is 0.669. The van der Waals surface area contributed by atoms with Crippen molar-refractivity contribution >= 4 is 5.97 Å². The number of carboxylic acid groups (broad SMARTS) is 1. The smallest absolute Gasteiger partial charge is 0.335 e. The second-order valence-electron chi connectivity index (χ2n) is 7.70. The number of aromatic amines is 1. The van der Waals surface area contributed by atoms with Crippen LogP contribution in [0.3, 0.4) is 0 Å². The van der Waals surface area contributed by atoms with Crippen molar-refractivity contribution in [1.29, 1.82) is 0 Å². The largest absolute Gasteiger partial charge is 0.478 e. The SMILES string of the molecule is Cc1cnc(-c2nccnc2CC2CCN(Cc3cccc(C(=O)O)c3)CC2)[nH]1. The van der Waals surface area contributed by atoms with Crippen molar-refractivity contribution in [2.75, 3.05) is 13.1 Å².